The summed E-state index contributed by atoms with van der Waals surface area (Å²) in [6, 6.07) is 10.4. The monoisotopic (exact) mass is 204 g/mol. The van der Waals surface area contributed by atoms with Crippen molar-refractivity contribution >= 4 is 0 Å². The molecule has 0 radical (unpaired) electrons. The molecule has 82 valence electrons. The van der Waals surface area contributed by atoms with Crippen molar-refractivity contribution in [2.24, 2.45) is 11.8 Å². The highest BCUT2D eigenvalue weighted by Gasteiger charge is 2.35. The summed E-state index contributed by atoms with van der Waals surface area (Å²) in [5, 5.41) is 0. The third-order valence-electron chi connectivity index (χ3n) is 3.17. The van der Waals surface area contributed by atoms with Crippen molar-refractivity contribution in [3.8, 4) is 0 Å². The Morgan fingerprint density at radius 1 is 1.20 bits per heavy atom. The molecule has 1 nitrogen and oxygen atoms in total. The van der Waals surface area contributed by atoms with E-state index >= 15 is 0 Å². The van der Waals surface area contributed by atoms with E-state index in [9.17, 15) is 0 Å². The first-order valence-electron chi connectivity index (χ1n) is 6.02. The topological polar surface area (TPSA) is 9.23 Å². The van der Waals surface area contributed by atoms with Gasteiger partial charge < -0.3 is 4.74 Å². The second-order valence-electron chi connectivity index (χ2n) is 4.55. The third-order valence-corrected chi connectivity index (χ3v) is 3.17. The molecule has 0 spiro atoms. The van der Waals surface area contributed by atoms with Crippen molar-refractivity contribution < 1.29 is 4.74 Å². The van der Waals surface area contributed by atoms with Gasteiger partial charge >= 0.3 is 0 Å². The standard InChI is InChI=1S/C14H20O/c1-2-6-13-9-14(13)11-15-10-12-7-4-3-5-8-12/h3-5,7-8,13-14H,2,6,9-11H2,1H3/t13-,14+/m1/s1. The molecule has 0 unspecified atom stereocenters. The predicted molar refractivity (Wildman–Crippen MR) is 62.6 cm³/mol. The van der Waals surface area contributed by atoms with Gasteiger partial charge in [-0.05, 0) is 23.8 Å². The number of rotatable bonds is 6. The quantitative estimate of drug-likeness (QED) is 0.687. The van der Waals surface area contributed by atoms with Crippen molar-refractivity contribution in [1.82, 2.24) is 0 Å². The van der Waals surface area contributed by atoms with Crippen LogP contribution in [0.4, 0.5) is 0 Å². The summed E-state index contributed by atoms with van der Waals surface area (Å²) in [5.74, 6) is 1.82. The number of hydrogen-bond donors (Lipinski definition) is 0. The number of ether oxygens (including phenoxy) is 1. The zero-order valence-corrected chi connectivity index (χ0v) is 9.49. The Balaban J connectivity index is 1.60. The van der Waals surface area contributed by atoms with Gasteiger partial charge in [0.1, 0.15) is 0 Å². The summed E-state index contributed by atoms with van der Waals surface area (Å²) < 4.78 is 5.72. The van der Waals surface area contributed by atoms with E-state index in [-0.39, 0.29) is 0 Å². The SMILES string of the molecule is CCC[C@@H]1C[C@H]1COCc1ccccc1. The molecule has 1 aromatic rings. The van der Waals surface area contributed by atoms with E-state index in [1.165, 1.54) is 24.8 Å². The Hall–Kier alpha value is -0.820. The largest absolute Gasteiger partial charge is 0.376 e. The van der Waals surface area contributed by atoms with Crippen molar-refractivity contribution in [3.05, 3.63) is 35.9 Å². The van der Waals surface area contributed by atoms with Crippen LogP contribution in [0.1, 0.15) is 31.7 Å². The fourth-order valence-corrected chi connectivity index (χ4v) is 2.14. The second-order valence-corrected chi connectivity index (χ2v) is 4.55. The molecule has 1 fully saturated rings. The van der Waals surface area contributed by atoms with Gasteiger partial charge in [-0.3, -0.25) is 0 Å². The van der Waals surface area contributed by atoms with Gasteiger partial charge in [0, 0.05) is 0 Å². The zero-order valence-electron chi connectivity index (χ0n) is 9.49. The van der Waals surface area contributed by atoms with Crippen LogP contribution in [0.2, 0.25) is 0 Å². The molecular weight excluding hydrogens is 184 g/mol. The molecule has 0 saturated heterocycles. The smallest absolute Gasteiger partial charge is 0.0717 e. The van der Waals surface area contributed by atoms with Crippen LogP contribution in [-0.4, -0.2) is 6.61 Å². The lowest BCUT2D eigenvalue weighted by atomic mass is 10.2. The average molecular weight is 204 g/mol. The van der Waals surface area contributed by atoms with Crippen LogP contribution >= 0.6 is 0 Å². The average Bonchev–Trinajstić information content (AvgIpc) is 2.99. The number of hydrogen-bond acceptors (Lipinski definition) is 1. The molecule has 1 aliphatic carbocycles. The van der Waals surface area contributed by atoms with Crippen LogP contribution in [0, 0.1) is 11.8 Å². The molecule has 1 saturated carbocycles. The highest BCUT2D eigenvalue weighted by molar-refractivity contribution is 5.13. The minimum absolute atomic E-state index is 0.774. The first-order valence-corrected chi connectivity index (χ1v) is 6.02. The van der Waals surface area contributed by atoms with E-state index in [1.54, 1.807) is 0 Å². The van der Waals surface area contributed by atoms with Gasteiger partial charge in [-0.15, -0.1) is 0 Å². The van der Waals surface area contributed by atoms with Crippen LogP contribution in [0.15, 0.2) is 30.3 Å². The van der Waals surface area contributed by atoms with E-state index in [0.29, 0.717) is 0 Å². The fourth-order valence-electron chi connectivity index (χ4n) is 2.14. The van der Waals surface area contributed by atoms with E-state index in [0.717, 1.165) is 25.0 Å². The van der Waals surface area contributed by atoms with Gasteiger partial charge in [0.05, 0.1) is 13.2 Å². The van der Waals surface area contributed by atoms with Gasteiger partial charge in [-0.25, -0.2) is 0 Å². The molecule has 0 aromatic heterocycles. The van der Waals surface area contributed by atoms with Crippen molar-refractivity contribution in [1.29, 1.82) is 0 Å². The van der Waals surface area contributed by atoms with Gasteiger partial charge in [-0.1, -0.05) is 50.1 Å². The van der Waals surface area contributed by atoms with Crippen molar-refractivity contribution in [2.75, 3.05) is 6.61 Å². The molecular formula is C14H20O. The molecule has 1 heteroatoms. The second kappa shape index (κ2) is 5.32. The normalized spacial score (nSPS) is 24.1. The van der Waals surface area contributed by atoms with Crippen molar-refractivity contribution in [3.63, 3.8) is 0 Å². The van der Waals surface area contributed by atoms with Gasteiger partial charge in [0.2, 0.25) is 0 Å². The lowest BCUT2D eigenvalue weighted by molar-refractivity contribution is 0.107. The molecule has 15 heavy (non-hydrogen) atoms. The lowest BCUT2D eigenvalue weighted by Crippen LogP contribution is -1.98. The Bertz CT molecular complexity index is 281. The maximum atomic E-state index is 5.72. The Kier molecular flexibility index (Phi) is 3.79. The Labute approximate surface area is 92.5 Å². The van der Waals surface area contributed by atoms with Crippen LogP contribution in [0.25, 0.3) is 0 Å². The molecule has 1 aliphatic rings. The molecule has 0 aliphatic heterocycles. The highest BCUT2D eigenvalue weighted by atomic mass is 16.5. The third kappa shape index (κ3) is 3.35. The van der Waals surface area contributed by atoms with E-state index in [4.69, 9.17) is 4.74 Å². The lowest BCUT2D eigenvalue weighted by Gasteiger charge is -2.03. The maximum Gasteiger partial charge on any atom is 0.0717 e. The first kappa shape index (κ1) is 10.7. The summed E-state index contributed by atoms with van der Waals surface area (Å²) in [5.41, 5.74) is 1.28. The van der Waals surface area contributed by atoms with Crippen molar-refractivity contribution in [2.45, 2.75) is 32.8 Å². The number of benzene rings is 1. The highest BCUT2D eigenvalue weighted by Crippen LogP contribution is 2.42. The first-order chi connectivity index (χ1) is 7.40. The minimum Gasteiger partial charge on any atom is -0.376 e. The van der Waals surface area contributed by atoms with E-state index in [1.807, 2.05) is 6.07 Å². The van der Waals surface area contributed by atoms with Crippen LogP contribution in [0.3, 0.4) is 0 Å². The van der Waals surface area contributed by atoms with Gasteiger partial charge in [0.25, 0.3) is 0 Å². The summed E-state index contributed by atoms with van der Waals surface area (Å²) in [6.45, 7) is 4.00. The summed E-state index contributed by atoms with van der Waals surface area (Å²) >= 11 is 0. The zero-order chi connectivity index (χ0) is 10.5. The van der Waals surface area contributed by atoms with Crippen LogP contribution in [0.5, 0.6) is 0 Å². The molecule has 0 heterocycles. The summed E-state index contributed by atoms with van der Waals surface area (Å²) in [4.78, 5) is 0. The van der Waals surface area contributed by atoms with Gasteiger partial charge in [0.15, 0.2) is 0 Å². The summed E-state index contributed by atoms with van der Waals surface area (Å²) in [7, 11) is 0. The predicted octanol–water partition coefficient (Wildman–Crippen LogP) is 3.64. The van der Waals surface area contributed by atoms with E-state index < -0.39 is 0 Å². The van der Waals surface area contributed by atoms with Crippen LogP contribution < -0.4 is 0 Å². The van der Waals surface area contributed by atoms with E-state index in [2.05, 4.69) is 31.2 Å². The summed E-state index contributed by atoms with van der Waals surface area (Å²) in [6.07, 6.45) is 4.10. The minimum atomic E-state index is 0.774. The molecule has 2 rings (SSSR count). The van der Waals surface area contributed by atoms with Crippen LogP contribution in [-0.2, 0) is 11.3 Å². The molecule has 0 amide bonds. The molecule has 0 bridgehead atoms. The maximum absolute atomic E-state index is 5.72. The molecule has 1 aromatic carbocycles. The molecule has 0 N–H and O–H groups in total. The Morgan fingerprint density at radius 3 is 2.73 bits per heavy atom. The molecule has 2 atom stereocenters. The fraction of sp³-hybridized carbons (Fsp3) is 0.571. The Morgan fingerprint density at radius 2 is 2.00 bits per heavy atom. The van der Waals surface area contributed by atoms with Gasteiger partial charge in [-0.2, -0.15) is 0 Å².